The van der Waals surface area contributed by atoms with Crippen molar-refractivity contribution in [3.8, 4) is 22.0 Å². The molecular weight excluding hydrogens is 358 g/mol. The first-order valence-corrected chi connectivity index (χ1v) is 9.30. The third kappa shape index (κ3) is 3.78. The molecular formula is C20H17N5OS. The maximum absolute atomic E-state index is 12.6. The minimum Gasteiger partial charge on any atom is -0.336 e. The summed E-state index contributed by atoms with van der Waals surface area (Å²) in [5, 5.41) is 9.29. The Balaban J connectivity index is 1.44. The summed E-state index contributed by atoms with van der Waals surface area (Å²) in [4.78, 5) is 23.8. The highest BCUT2D eigenvalue weighted by molar-refractivity contribution is 7.13. The van der Waals surface area contributed by atoms with Crippen LogP contribution in [-0.2, 0) is 6.54 Å². The van der Waals surface area contributed by atoms with E-state index in [4.69, 9.17) is 0 Å². The quantitative estimate of drug-likeness (QED) is 0.575. The van der Waals surface area contributed by atoms with Crippen molar-refractivity contribution in [2.75, 3.05) is 7.05 Å². The number of carbonyl (C=O) groups excluding carboxylic acids is 1. The lowest BCUT2D eigenvalue weighted by Gasteiger charge is -2.15. The highest BCUT2D eigenvalue weighted by atomic mass is 32.1. The number of amides is 1. The third-order valence-electron chi connectivity index (χ3n) is 4.10. The van der Waals surface area contributed by atoms with Crippen molar-refractivity contribution in [2.24, 2.45) is 0 Å². The molecule has 1 aromatic carbocycles. The van der Waals surface area contributed by atoms with Gasteiger partial charge in [-0.1, -0.05) is 36.4 Å². The van der Waals surface area contributed by atoms with Crippen LogP contribution in [0.5, 0.6) is 0 Å². The second kappa shape index (κ2) is 7.51. The molecule has 4 rings (SSSR count). The lowest BCUT2D eigenvalue weighted by atomic mass is 10.1. The zero-order valence-corrected chi connectivity index (χ0v) is 15.5. The molecule has 7 heteroatoms. The molecule has 134 valence electrons. The van der Waals surface area contributed by atoms with Crippen LogP contribution in [0.3, 0.4) is 0 Å². The molecule has 0 saturated heterocycles. The van der Waals surface area contributed by atoms with E-state index in [9.17, 15) is 4.79 Å². The summed E-state index contributed by atoms with van der Waals surface area (Å²) in [7, 11) is 1.75. The molecule has 3 heterocycles. The maximum atomic E-state index is 12.6. The van der Waals surface area contributed by atoms with Crippen molar-refractivity contribution in [1.82, 2.24) is 25.1 Å². The molecule has 0 atom stereocenters. The average molecular weight is 375 g/mol. The Morgan fingerprint density at radius 1 is 1.11 bits per heavy atom. The summed E-state index contributed by atoms with van der Waals surface area (Å²) in [6, 6.07) is 15.8. The third-order valence-corrected chi connectivity index (χ3v) is 4.96. The molecule has 0 unspecified atom stereocenters. The van der Waals surface area contributed by atoms with E-state index in [0.29, 0.717) is 17.9 Å². The molecule has 4 aromatic rings. The highest BCUT2D eigenvalue weighted by Crippen LogP contribution is 2.21. The number of aromatic nitrogens is 4. The Morgan fingerprint density at radius 3 is 2.59 bits per heavy atom. The fraction of sp³-hybridized carbons (Fsp3) is 0.100. The SMILES string of the molecule is CN(Cc1cc(-c2ccccc2)n[nH]1)C(=O)c1cnc(-c2cccs2)nc1. The molecule has 0 fully saturated rings. The van der Waals surface area contributed by atoms with Gasteiger partial charge in [0.1, 0.15) is 0 Å². The van der Waals surface area contributed by atoms with Gasteiger partial charge in [-0.05, 0) is 17.5 Å². The minimum absolute atomic E-state index is 0.136. The van der Waals surface area contributed by atoms with E-state index >= 15 is 0 Å². The number of nitrogens with one attached hydrogen (secondary N) is 1. The van der Waals surface area contributed by atoms with Crippen molar-refractivity contribution in [3.05, 3.63) is 77.6 Å². The Bertz CT molecular complexity index is 1030. The first kappa shape index (κ1) is 17.1. The molecule has 0 aliphatic heterocycles. The Labute approximate surface area is 160 Å². The van der Waals surface area contributed by atoms with E-state index < -0.39 is 0 Å². The minimum atomic E-state index is -0.136. The van der Waals surface area contributed by atoms with Crippen LogP contribution in [0, 0.1) is 0 Å². The van der Waals surface area contributed by atoms with Crippen LogP contribution in [0.15, 0.2) is 66.3 Å². The van der Waals surface area contributed by atoms with Gasteiger partial charge in [0.05, 0.1) is 28.4 Å². The zero-order valence-electron chi connectivity index (χ0n) is 14.7. The second-order valence-electron chi connectivity index (χ2n) is 6.08. The van der Waals surface area contributed by atoms with Gasteiger partial charge in [-0.2, -0.15) is 5.10 Å². The number of aromatic amines is 1. The predicted octanol–water partition coefficient (Wildman–Crippen LogP) is 3.87. The molecule has 1 amide bonds. The van der Waals surface area contributed by atoms with E-state index in [1.54, 1.807) is 35.7 Å². The van der Waals surface area contributed by atoms with Crippen LogP contribution in [0.25, 0.3) is 22.0 Å². The summed E-state index contributed by atoms with van der Waals surface area (Å²) < 4.78 is 0. The van der Waals surface area contributed by atoms with Crippen molar-refractivity contribution >= 4 is 17.2 Å². The molecule has 6 nitrogen and oxygen atoms in total. The molecule has 3 aromatic heterocycles. The van der Waals surface area contributed by atoms with E-state index in [-0.39, 0.29) is 5.91 Å². The molecule has 0 aliphatic rings. The van der Waals surface area contributed by atoms with Crippen LogP contribution in [-0.4, -0.2) is 38.0 Å². The Hall–Kier alpha value is -3.32. The molecule has 27 heavy (non-hydrogen) atoms. The summed E-state index contributed by atoms with van der Waals surface area (Å²) in [5.41, 5.74) is 3.21. The van der Waals surface area contributed by atoms with Crippen LogP contribution >= 0.6 is 11.3 Å². The van der Waals surface area contributed by atoms with E-state index in [2.05, 4.69) is 20.2 Å². The van der Waals surface area contributed by atoms with Crippen molar-refractivity contribution < 1.29 is 4.79 Å². The van der Waals surface area contributed by atoms with E-state index in [1.807, 2.05) is 53.9 Å². The van der Waals surface area contributed by atoms with Gasteiger partial charge in [-0.3, -0.25) is 9.89 Å². The van der Waals surface area contributed by atoms with Crippen molar-refractivity contribution in [1.29, 1.82) is 0 Å². The van der Waals surface area contributed by atoms with Crippen molar-refractivity contribution in [3.63, 3.8) is 0 Å². The average Bonchev–Trinajstić information content (AvgIpc) is 3.40. The monoisotopic (exact) mass is 375 g/mol. The number of hydrogen-bond acceptors (Lipinski definition) is 5. The predicted molar refractivity (Wildman–Crippen MR) is 105 cm³/mol. The maximum Gasteiger partial charge on any atom is 0.257 e. The van der Waals surface area contributed by atoms with Gasteiger partial charge in [0.15, 0.2) is 5.82 Å². The van der Waals surface area contributed by atoms with Gasteiger partial charge in [-0.25, -0.2) is 9.97 Å². The molecule has 1 N–H and O–H groups in total. The molecule has 0 saturated carbocycles. The van der Waals surface area contributed by atoms with Gasteiger partial charge in [0.25, 0.3) is 5.91 Å². The Morgan fingerprint density at radius 2 is 1.89 bits per heavy atom. The fourth-order valence-corrected chi connectivity index (χ4v) is 3.39. The van der Waals surface area contributed by atoms with Gasteiger partial charge >= 0.3 is 0 Å². The number of carbonyl (C=O) groups is 1. The topological polar surface area (TPSA) is 74.8 Å². The summed E-state index contributed by atoms with van der Waals surface area (Å²) >= 11 is 1.57. The molecule has 0 bridgehead atoms. The standard InChI is InChI=1S/C20H17N5OS/c1-25(13-16-10-17(24-23-16)14-6-3-2-4-7-14)20(26)15-11-21-19(22-12-15)18-8-5-9-27-18/h2-12H,13H2,1H3,(H,23,24). The number of benzene rings is 1. The first-order chi connectivity index (χ1) is 13.2. The normalized spacial score (nSPS) is 10.7. The molecule has 0 spiro atoms. The fourth-order valence-electron chi connectivity index (χ4n) is 2.72. The van der Waals surface area contributed by atoms with Gasteiger partial charge in [-0.15, -0.1) is 11.3 Å². The zero-order chi connectivity index (χ0) is 18.6. The first-order valence-electron chi connectivity index (χ1n) is 8.42. The number of thiophene rings is 1. The number of rotatable bonds is 5. The lowest BCUT2D eigenvalue weighted by Crippen LogP contribution is -2.26. The largest absolute Gasteiger partial charge is 0.336 e. The van der Waals surface area contributed by atoms with Crippen LogP contribution in [0.4, 0.5) is 0 Å². The molecule has 0 aliphatic carbocycles. The summed E-state index contributed by atoms with van der Waals surface area (Å²) in [5.74, 6) is 0.494. The smallest absolute Gasteiger partial charge is 0.257 e. The second-order valence-corrected chi connectivity index (χ2v) is 7.03. The van der Waals surface area contributed by atoms with Gasteiger partial charge in [0, 0.05) is 25.0 Å². The van der Waals surface area contributed by atoms with E-state index in [1.165, 1.54) is 0 Å². The van der Waals surface area contributed by atoms with Crippen LogP contribution in [0.1, 0.15) is 16.1 Å². The van der Waals surface area contributed by atoms with E-state index in [0.717, 1.165) is 21.8 Å². The highest BCUT2D eigenvalue weighted by Gasteiger charge is 2.15. The number of hydrogen-bond donors (Lipinski definition) is 1. The summed E-state index contributed by atoms with van der Waals surface area (Å²) in [6.07, 6.45) is 3.15. The number of H-pyrrole nitrogens is 1. The van der Waals surface area contributed by atoms with Crippen molar-refractivity contribution in [2.45, 2.75) is 6.54 Å². The lowest BCUT2D eigenvalue weighted by molar-refractivity contribution is 0.0782. The Kier molecular flexibility index (Phi) is 4.76. The van der Waals surface area contributed by atoms with Gasteiger partial charge in [0.2, 0.25) is 0 Å². The van der Waals surface area contributed by atoms with Gasteiger partial charge < -0.3 is 4.90 Å². The number of nitrogens with zero attached hydrogens (tertiary/aromatic N) is 4. The molecule has 0 radical (unpaired) electrons. The van der Waals surface area contributed by atoms with Crippen LogP contribution in [0.2, 0.25) is 0 Å². The van der Waals surface area contributed by atoms with Crippen LogP contribution < -0.4 is 0 Å². The summed E-state index contributed by atoms with van der Waals surface area (Å²) in [6.45, 7) is 0.422.